The summed E-state index contributed by atoms with van der Waals surface area (Å²) < 4.78 is 2.18. The largest absolute Gasteiger partial charge is 0.327 e. The number of imidazole rings is 1. The first-order chi connectivity index (χ1) is 8.15. The fourth-order valence-electron chi connectivity index (χ4n) is 1.89. The van der Waals surface area contributed by atoms with Gasteiger partial charge in [0.05, 0.1) is 16.9 Å². The number of halogens is 2. The zero-order valence-corrected chi connectivity index (χ0v) is 11.6. The molecular formula is C13H16Cl2N2. The molecule has 1 unspecified atom stereocenters. The molecule has 1 aromatic carbocycles. The monoisotopic (exact) mass is 270 g/mol. The molecule has 1 aromatic heterocycles. The molecule has 0 saturated carbocycles. The first kappa shape index (κ1) is 12.7. The van der Waals surface area contributed by atoms with Crippen molar-refractivity contribution in [2.75, 3.05) is 0 Å². The van der Waals surface area contributed by atoms with Crippen LogP contribution >= 0.6 is 23.2 Å². The van der Waals surface area contributed by atoms with Crippen molar-refractivity contribution in [2.45, 2.75) is 32.7 Å². The van der Waals surface area contributed by atoms with E-state index in [1.807, 2.05) is 18.2 Å². The predicted octanol–water partition coefficient (Wildman–Crippen LogP) is 4.47. The molecule has 2 aromatic rings. The van der Waals surface area contributed by atoms with Gasteiger partial charge in [-0.25, -0.2) is 4.98 Å². The SMILES string of the molecule is CCC(C)Cn1c(CCl)nc2ccc(Cl)cc21. The average molecular weight is 271 g/mol. The third-order valence-corrected chi connectivity index (χ3v) is 3.57. The number of benzene rings is 1. The summed E-state index contributed by atoms with van der Waals surface area (Å²) in [5.74, 6) is 1.96. The van der Waals surface area contributed by atoms with Gasteiger partial charge in [-0.05, 0) is 24.1 Å². The van der Waals surface area contributed by atoms with Crippen molar-refractivity contribution in [2.24, 2.45) is 5.92 Å². The van der Waals surface area contributed by atoms with E-state index in [0.717, 1.165) is 34.8 Å². The summed E-state index contributed by atoms with van der Waals surface area (Å²) in [6.45, 7) is 5.36. The van der Waals surface area contributed by atoms with Crippen LogP contribution in [-0.4, -0.2) is 9.55 Å². The van der Waals surface area contributed by atoms with E-state index >= 15 is 0 Å². The van der Waals surface area contributed by atoms with Gasteiger partial charge < -0.3 is 4.57 Å². The fraction of sp³-hybridized carbons (Fsp3) is 0.462. The van der Waals surface area contributed by atoms with Gasteiger partial charge >= 0.3 is 0 Å². The zero-order valence-electron chi connectivity index (χ0n) is 10.1. The number of hydrogen-bond acceptors (Lipinski definition) is 1. The number of aromatic nitrogens is 2. The Kier molecular flexibility index (Phi) is 3.95. The molecule has 0 N–H and O–H groups in total. The molecule has 2 nitrogen and oxygen atoms in total. The first-order valence-electron chi connectivity index (χ1n) is 5.86. The molecule has 0 saturated heterocycles. The van der Waals surface area contributed by atoms with Gasteiger partial charge in [-0.1, -0.05) is 31.9 Å². The molecule has 0 fully saturated rings. The van der Waals surface area contributed by atoms with Crippen LogP contribution in [0.15, 0.2) is 18.2 Å². The normalized spacial score (nSPS) is 13.2. The van der Waals surface area contributed by atoms with Crippen molar-refractivity contribution in [1.82, 2.24) is 9.55 Å². The van der Waals surface area contributed by atoms with Gasteiger partial charge in [0.1, 0.15) is 5.82 Å². The van der Waals surface area contributed by atoms with Gasteiger partial charge in [0.15, 0.2) is 0 Å². The number of nitrogens with zero attached hydrogens (tertiary/aromatic N) is 2. The van der Waals surface area contributed by atoms with E-state index < -0.39 is 0 Å². The Balaban J connectivity index is 2.52. The molecule has 1 heterocycles. The highest BCUT2D eigenvalue weighted by Gasteiger charge is 2.12. The van der Waals surface area contributed by atoms with E-state index in [0.29, 0.717) is 11.8 Å². The summed E-state index contributed by atoms with van der Waals surface area (Å²) >= 11 is 12.0. The molecule has 0 amide bonds. The van der Waals surface area contributed by atoms with Gasteiger partial charge in [-0.2, -0.15) is 0 Å². The van der Waals surface area contributed by atoms with Crippen LogP contribution in [0.25, 0.3) is 11.0 Å². The van der Waals surface area contributed by atoms with Crippen LogP contribution in [-0.2, 0) is 12.4 Å². The lowest BCUT2D eigenvalue weighted by Crippen LogP contribution is -2.09. The molecular weight excluding hydrogens is 255 g/mol. The minimum atomic E-state index is 0.433. The first-order valence-corrected chi connectivity index (χ1v) is 6.77. The Morgan fingerprint density at radius 3 is 2.82 bits per heavy atom. The molecule has 2 rings (SSSR count). The molecule has 0 aliphatic carbocycles. The van der Waals surface area contributed by atoms with E-state index in [-0.39, 0.29) is 0 Å². The summed E-state index contributed by atoms with van der Waals surface area (Å²) in [5, 5.41) is 0.740. The van der Waals surface area contributed by atoms with Gasteiger partial charge in [0, 0.05) is 11.6 Å². The summed E-state index contributed by atoms with van der Waals surface area (Å²) in [6, 6.07) is 5.77. The van der Waals surface area contributed by atoms with E-state index in [9.17, 15) is 0 Å². The Hall–Kier alpha value is -0.730. The predicted molar refractivity (Wildman–Crippen MR) is 73.8 cm³/mol. The summed E-state index contributed by atoms with van der Waals surface area (Å²) in [4.78, 5) is 4.53. The maximum Gasteiger partial charge on any atom is 0.124 e. The lowest BCUT2D eigenvalue weighted by Gasteiger charge is -2.12. The Labute approximate surface area is 112 Å². The summed E-state index contributed by atoms with van der Waals surface area (Å²) in [7, 11) is 0. The van der Waals surface area contributed by atoms with Crippen LogP contribution < -0.4 is 0 Å². The number of rotatable bonds is 4. The Morgan fingerprint density at radius 1 is 1.41 bits per heavy atom. The minimum absolute atomic E-state index is 0.433. The maximum absolute atomic E-state index is 6.04. The topological polar surface area (TPSA) is 17.8 Å². The van der Waals surface area contributed by atoms with Crippen LogP contribution in [0, 0.1) is 5.92 Å². The van der Waals surface area contributed by atoms with E-state index in [1.54, 1.807) is 0 Å². The molecule has 0 aliphatic heterocycles. The number of hydrogen-bond donors (Lipinski definition) is 0. The van der Waals surface area contributed by atoms with Crippen molar-refractivity contribution < 1.29 is 0 Å². The van der Waals surface area contributed by atoms with Gasteiger partial charge in [-0.3, -0.25) is 0 Å². The van der Waals surface area contributed by atoms with Crippen molar-refractivity contribution in [3.63, 3.8) is 0 Å². The lowest BCUT2D eigenvalue weighted by atomic mass is 10.1. The van der Waals surface area contributed by atoms with Gasteiger partial charge in [0.2, 0.25) is 0 Å². The molecule has 1 atom stereocenters. The van der Waals surface area contributed by atoms with E-state index in [2.05, 4.69) is 23.4 Å². The van der Waals surface area contributed by atoms with Crippen molar-refractivity contribution in [1.29, 1.82) is 0 Å². The third-order valence-electron chi connectivity index (χ3n) is 3.10. The quantitative estimate of drug-likeness (QED) is 0.750. The van der Waals surface area contributed by atoms with Gasteiger partial charge in [0.25, 0.3) is 0 Å². The van der Waals surface area contributed by atoms with Crippen LogP contribution in [0.5, 0.6) is 0 Å². The van der Waals surface area contributed by atoms with Crippen LogP contribution in [0.4, 0.5) is 0 Å². The Morgan fingerprint density at radius 2 is 2.18 bits per heavy atom. The standard InChI is InChI=1S/C13H16Cl2N2/c1-3-9(2)8-17-12-6-10(15)4-5-11(12)16-13(17)7-14/h4-6,9H,3,7-8H2,1-2H3. The lowest BCUT2D eigenvalue weighted by molar-refractivity contribution is 0.469. The van der Waals surface area contributed by atoms with Crippen molar-refractivity contribution in [3.05, 3.63) is 29.0 Å². The molecule has 0 bridgehead atoms. The smallest absolute Gasteiger partial charge is 0.124 e. The molecule has 4 heteroatoms. The second kappa shape index (κ2) is 5.28. The molecule has 17 heavy (non-hydrogen) atoms. The molecule has 92 valence electrons. The Bertz CT molecular complexity index is 519. The van der Waals surface area contributed by atoms with Crippen LogP contribution in [0.2, 0.25) is 5.02 Å². The minimum Gasteiger partial charge on any atom is -0.327 e. The van der Waals surface area contributed by atoms with Crippen molar-refractivity contribution in [3.8, 4) is 0 Å². The highest BCUT2D eigenvalue weighted by atomic mass is 35.5. The number of fused-ring (bicyclic) bond motifs is 1. The second-order valence-corrected chi connectivity index (χ2v) is 5.12. The van der Waals surface area contributed by atoms with E-state index in [1.165, 1.54) is 0 Å². The fourth-order valence-corrected chi connectivity index (χ4v) is 2.26. The number of alkyl halides is 1. The summed E-state index contributed by atoms with van der Waals surface area (Å²) in [5.41, 5.74) is 2.04. The zero-order chi connectivity index (χ0) is 12.4. The second-order valence-electron chi connectivity index (χ2n) is 4.42. The highest BCUT2D eigenvalue weighted by molar-refractivity contribution is 6.31. The molecule has 0 aliphatic rings. The van der Waals surface area contributed by atoms with Gasteiger partial charge in [-0.15, -0.1) is 11.6 Å². The van der Waals surface area contributed by atoms with Crippen molar-refractivity contribution >= 4 is 34.2 Å². The molecule has 0 spiro atoms. The average Bonchev–Trinajstić information content (AvgIpc) is 2.67. The van der Waals surface area contributed by atoms with Crippen LogP contribution in [0.3, 0.4) is 0 Å². The summed E-state index contributed by atoms with van der Waals surface area (Å²) in [6.07, 6.45) is 1.14. The van der Waals surface area contributed by atoms with Crippen LogP contribution in [0.1, 0.15) is 26.1 Å². The highest BCUT2D eigenvalue weighted by Crippen LogP contribution is 2.23. The molecule has 0 radical (unpaired) electrons. The van der Waals surface area contributed by atoms with E-state index in [4.69, 9.17) is 23.2 Å². The maximum atomic E-state index is 6.04. The third kappa shape index (κ3) is 2.58.